The number of carbonyl (C=O) groups is 1. The van der Waals surface area contributed by atoms with Gasteiger partial charge in [-0.2, -0.15) is 0 Å². The number of methoxy groups -OCH3 is 2. The average Bonchev–Trinajstić information content (AvgIpc) is 3.17. The molecule has 104 valence electrons. The second-order valence-electron chi connectivity index (χ2n) is 4.94. The van der Waals surface area contributed by atoms with Crippen LogP contribution in [0.3, 0.4) is 0 Å². The zero-order valence-electron chi connectivity index (χ0n) is 11.2. The number of halogens is 1. The maximum absolute atomic E-state index is 13.9. The van der Waals surface area contributed by atoms with E-state index >= 15 is 0 Å². The molecule has 1 amide bonds. The number of carbonyl (C=O) groups excluding carboxylic acids is 1. The van der Waals surface area contributed by atoms with Crippen LogP contribution in [0.4, 0.5) is 4.39 Å². The molecule has 0 aromatic heterocycles. The van der Waals surface area contributed by atoms with E-state index in [9.17, 15) is 9.18 Å². The van der Waals surface area contributed by atoms with E-state index in [1.165, 1.54) is 19.2 Å². The molecule has 2 rings (SSSR count). The Morgan fingerprint density at radius 3 is 2.74 bits per heavy atom. The highest BCUT2D eigenvalue weighted by Crippen LogP contribution is 2.45. The Bertz CT molecular complexity index is 472. The van der Waals surface area contributed by atoms with Crippen LogP contribution in [-0.4, -0.2) is 33.3 Å². The predicted octanol–water partition coefficient (Wildman–Crippen LogP) is 1.99. The van der Waals surface area contributed by atoms with Crippen molar-refractivity contribution in [3.63, 3.8) is 0 Å². The number of rotatable bonds is 6. The second kappa shape index (κ2) is 5.57. The van der Waals surface area contributed by atoms with E-state index in [1.54, 1.807) is 13.2 Å². The fraction of sp³-hybridized carbons (Fsp3) is 0.500. The summed E-state index contributed by atoms with van der Waals surface area (Å²) in [6.07, 6.45) is 2.06. The molecule has 0 atom stereocenters. The molecule has 0 saturated heterocycles. The number of nitrogens with one attached hydrogen (secondary N) is 1. The molecule has 1 aromatic carbocycles. The lowest BCUT2D eigenvalue weighted by Crippen LogP contribution is -2.32. The van der Waals surface area contributed by atoms with Gasteiger partial charge in [0.05, 0.1) is 19.3 Å². The first-order valence-corrected chi connectivity index (χ1v) is 6.21. The van der Waals surface area contributed by atoms with Crippen LogP contribution in [0.2, 0.25) is 0 Å². The number of amides is 1. The van der Waals surface area contributed by atoms with Gasteiger partial charge in [0.25, 0.3) is 5.91 Å². The van der Waals surface area contributed by atoms with Crippen molar-refractivity contribution >= 4 is 5.91 Å². The summed E-state index contributed by atoms with van der Waals surface area (Å²) in [5, 5.41) is 2.76. The summed E-state index contributed by atoms with van der Waals surface area (Å²) in [5.41, 5.74) is 0.0484. The van der Waals surface area contributed by atoms with Crippen molar-refractivity contribution in [2.75, 3.05) is 27.4 Å². The Labute approximate surface area is 111 Å². The van der Waals surface area contributed by atoms with Gasteiger partial charge in [0.1, 0.15) is 0 Å². The zero-order chi connectivity index (χ0) is 13.9. The molecule has 5 heteroatoms. The molecule has 0 spiro atoms. The van der Waals surface area contributed by atoms with Gasteiger partial charge in [-0.25, -0.2) is 4.39 Å². The molecular weight excluding hydrogens is 249 g/mol. The van der Waals surface area contributed by atoms with E-state index in [0.29, 0.717) is 13.2 Å². The number of benzene rings is 1. The van der Waals surface area contributed by atoms with Gasteiger partial charge in [0.15, 0.2) is 11.6 Å². The van der Waals surface area contributed by atoms with Gasteiger partial charge in [-0.3, -0.25) is 4.79 Å². The zero-order valence-corrected chi connectivity index (χ0v) is 11.2. The molecule has 1 saturated carbocycles. The molecule has 1 fully saturated rings. The van der Waals surface area contributed by atoms with Gasteiger partial charge < -0.3 is 14.8 Å². The molecule has 0 heterocycles. The molecule has 1 aliphatic carbocycles. The fourth-order valence-corrected chi connectivity index (χ4v) is 2.06. The summed E-state index contributed by atoms with van der Waals surface area (Å²) < 4.78 is 23.9. The molecule has 1 aliphatic rings. The minimum atomic E-state index is -0.626. The normalized spacial score (nSPS) is 15.9. The summed E-state index contributed by atoms with van der Waals surface area (Å²) >= 11 is 0. The first kappa shape index (κ1) is 13.8. The lowest BCUT2D eigenvalue weighted by Gasteiger charge is -2.15. The van der Waals surface area contributed by atoms with E-state index in [1.807, 2.05) is 0 Å². The molecule has 4 nitrogen and oxygen atoms in total. The van der Waals surface area contributed by atoms with Crippen LogP contribution in [-0.2, 0) is 4.74 Å². The Kier molecular flexibility index (Phi) is 4.04. The average molecular weight is 267 g/mol. The minimum Gasteiger partial charge on any atom is -0.494 e. The van der Waals surface area contributed by atoms with Gasteiger partial charge in [0.2, 0.25) is 0 Å². The Morgan fingerprint density at radius 1 is 1.42 bits per heavy atom. The lowest BCUT2D eigenvalue weighted by molar-refractivity contribution is 0.0914. The molecule has 0 radical (unpaired) electrons. The summed E-state index contributed by atoms with van der Waals surface area (Å²) in [6, 6.07) is 4.53. The molecule has 1 N–H and O–H groups in total. The third-order valence-corrected chi connectivity index (χ3v) is 3.46. The van der Waals surface area contributed by atoms with Gasteiger partial charge in [-0.15, -0.1) is 0 Å². The minimum absolute atomic E-state index is 0.00701. The summed E-state index contributed by atoms with van der Waals surface area (Å²) in [4.78, 5) is 12.0. The van der Waals surface area contributed by atoms with Crippen LogP contribution in [0.25, 0.3) is 0 Å². The standard InChI is InChI=1S/C14H18FNO3/c1-18-9-14(6-7-14)8-16-13(17)10-4-3-5-11(19-2)12(10)15/h3-5H,6-9H2,1-2H3,(H,16,17). The maximum atomic E-state index is 13.9. The number of hydrogen-bond acceptors (Lipinski definition) is 3. The third-order valence-electron chi connectivity index (χ3n) is 3.46. The smallest absolute Gasteiger partial charge is 0.254 e. The highest BCUT2D eigenvalue weighted by Gasteiger charge is 2.42. The Hall–Kier alpha value is -1.62. The third kappa shape index (κ3) is 3.04. The number of hydrogen-bond donors (Lipinski definition) is 1. The van der Waals surface area contributed by atoms with E-state index in [0.717, 1.165) is 12.8 Å². The molecular formula is C14H18FNO3. The summed E-state index contributed by atoms with van der Waals surface area (Å²) in [7, 11) is 3.02. The summed E-state index contributed by atoms with van der Waals surface area (Å²) in [5.74, 6) is -0.969. The molecule has 19 heavy (non-hydrogen) atoms. The quantitative estimate of drug-likeness (QED) is 0.857. The van der Waals surface area contributed by atoms with Crippen LogP contribution >= 0.6 is 0 Å². The summed E-state index contributed by atoms with van der Waals surface area (Å²) in [6.45, 7) is 1.13. The van der Waals surface area contributed by atoms with Crippen LogP contribution < -0.4 is 10.1 Å². The first-order chi connectivity index (χ1) is 9.12. The van der Waals surface area contributed by atoms with Crippen molar-refractivity contribution in [2.45, 2.75) is 12.8 Å². The Morgan fingerprint density at radius 2 is 2.16 bits per heavy atom. The van der Waals surface area contributed by atoms with E-state index in [4.69, 9.17) is 9.47 Å². The van der Waals surface area contributed by atoms with E-state index < -0.39 is 11.7 Å². The molecule has 0 aliphatic heterocycles. The predicted molar refractivity (Wildman–Crippen MR) is 68.8 cm³/mol. The molecule has 0 unspecified atom stereocenters. The van der Waals surface area contributed by atoms with Crippen molar-refractivity contribution in [3.05, 3.63) is 29.6 Å². The van der Waals surface area contributed by atoms with Crippen molar-refractivity contribution in [2.24, 2.45) is 5.41 Å². The molecule has 1 aromatic rings. The monoisotopic (exact) mass is 267 g/mol. The fourth-order valence-electron chi connectivity index (χ4n) is 2.06. The van der Waals surface area contributed by atoms with Gasteiger partial charge in [-0.05, 0) is 25.0 Å². The van der Waals surface area contributed by atoms with Crippen molar-refractivity contribution < 1.29 is 18.7 Å². The van der Waals surface area contributed by atoms with E-state index in [2.05, 4.69) is 5.32 Å². The molecule has 0 bridgehead atoms. The lowest BCUT2D eigenvalue weighted by atomic mass is 10.1. The van der Waals surface area contributed by atoms with Crippen LogP contribution in [0.5, 0.6) is 5.75 Å². The van der Waals surface area contributed by atoms with Crippen molar-refractivity contribution in [1.82, 2.24) is 5.32 Å². The topological polar surface area (TPSA) is 47.6 Å². The first-order valence-electron chi connectivity index (χ1n) is 6.21. The van der Waals surface area contributed by atoms with Crippen LogP contribution in [0.1, 0.15) is 23.2 Å². The highest BCUT2D eigenvalue weighted by molar-refractivity contribution is 5.94. The maximum Gasteiger partial charge on any atom is 0.254 e. The number of ether oxygens (including phenoxy) is 2. The van der Waals surface area contributed by atoms with Gasteiger partial charge >= 0.3 is 0 Å². The van der Waals surface area contributed by atoms with E-state index in [-0.39, 0.29) is 16.7 Å². The van der Waals surface area contributed by atoms with Gasteiger partial charge in [-0.1, -0.05) is 6.07 Å². The second-order valence-corrected chi connectivity index (χ2v) is 4.94. The van der Waals surface area contributed by atoms with Crippen molar-refractivity contribution in [3.8, 4) is 5.75 Å². The SMILES string of the molecule is COCC1(CNC(=O)c2cccc(OC)c2F)CC1. The van der Waals surface area contributed by atoms with Crippen LogP contribution in [0, 0.1) is 11.2 Å². The Balaban J connectivity index is 2.00. The van der Waals surface area contributed by atoms with Crippen molar-refractivity contribution in [1.29, 1.82) is 0 Å². The largest absolute Gasteiger partial charge is 0.494 e. The highest BCUT2D eigenvalue weighted by atomic mass is 19.1. The van der Waals surface area contributed by atoms with Gasteiger partial charge in [0, 0.05) is 19.1 Å². The van der Waals surface area contributed by atoms with Crippen LogP contribution in [0.15, 0.2) is 18.2 Å².